The van der Waals surface area contributed by atoms with Crippen LogP contribution in [0.4, 0.5) is 0 Å². The molecule has 0 saturated heterocycles. The second-order valence-electron chi connectivity index (χ2n) is 6.99. The molecule has 2 aromatic carbocycles. The normalized spacial score (nSPS) is 16.8. The largest absolute Gasteiger partial charge is 0.477 e. The Morgan fingerprint density at radius 2 is 1.76 bits per heavy atom. The first kappa shape index (κ1) is 17.2. The third kappa shape index (κ3) is 2.61. The van der Waals surface area contributed by atoms with E-state index >= 15 is 0 Å². The lowest BCUT2D eigenvalue weighted by molar-refractivity contribution is -0.114. The second kappa shape index (κ2) is 6.31. The number of ketones is 2. The van der Waals surface area contributed by atoms with Gasteiger partial charge in [-0.15, -0.1) is 0 Å². The molecule has 2 aliphatic rings. The lowest BCUT2D eigenvalue weighted by Gasteiger charge is -2.23. The summed E-state index contributed by atoms with van der Waals surface area (Å²) in [7, 11) is 0. The molecule has 1 N–H and O–H groups in total. The van der Waals surface area contributed by atoms with Crippen molar-refractivity contribution in [2.75, 3.05) is 0 Å². The number of carbonyl (C=O) groups is 3. The van der Waals surface area contributed by atoms with Gasteiger partial charge in [-0.2, -0.15) is 0 Å². The minimum absolute atomic E-state index is 0.0749. The van der Waals surface area contributed by atoms with Crippen LogP contribution in [-0.4, -0.2) is 32.6 Å². The number of rotatable bonds is 2. The highest BCUT2D eigenvalue weighted by atomic mass is 16.4. The Hall–Kier alpha value is -3.93. The van der Waals surface area contributed by atoms with Crippen LogP contribution in [0.5, 0.6) is 0 Å². The summed E-state index contributed by atoms with van der Waals surface area (Å²) in [6.07, 6.45) is 5.25. The third-order valence-corrected chi connectivity index (χ3v) is 5.37. The van der Waals surface area contributed by atoms with E-state index in [4.69, 9.17) is 0 Å². The fourth-order valence-corrected chi connectivity index (χ4v) is 4.03. The molecule has 1 heterocycles. The van der Waals surface area contributed by atoms with Crippen molar-refractivity contribution in [2.45, 2.75) is 12.3 Å². The first-order valence-electron chi connectivity index (χ1n) is 9.12. The molecule has 1 aromatic heterocycles. The highest BCUT2D eigenvalue weighted by Crippen LogP contribution is 2.34. The van der Waals surface area contributed by atoms with Gasteiger partial charge in [-0.25, -0.2) is 14.8 Å². The summed E-state index contributed by atoms with van der Waals surface area (Å²) in [5.74, 6) is -2.00. The Morgan fingerprint density at radius 1 is 0.966 bits per heavy atom. The average Bonchev–Trinajstić information content (AvgIpc) is 2.75. The Morgan fingerprint density at radius 3 is 2.59 bits per heavy atom. The van der Waals surface area contributed by atoms with Crippen LogP contribution in [0.3, 0.4) is 0 Å². The topological polar surface area (TPSA) is 97.2 Å². The number of carboxylic acid groups (broad SMARTS) is 1. The van der Waals surface area contributed by atoms with Gasteiger partial charge < -0.3 is 5.11 Å². The Bertz CT molecular complexity index is 1360. The monoisotopic (exact) mass is 382 g/mol. The SMILES string of the molecule is O=C1CC=c2c(ccc3c2=CC(c2nccc(C(=O)O)n2)c2ccccc2-3)C1=O. The zero-order valence-corrected chi connectivity index (χ0v) is 15.1. The van der Waals surface area contributed by atoms with Gasteiger partial charge >= 0.3 is 5.97 Å². The minimum atomic E-state index is -1.12. The smallest absolute Gasteiger partial charge is 0.354 e. The fourth-order valence-electron chi connectivity index (χ4n) is 4.03. The van der Waals surface area contributed by atoms with E-state index in [0.29, 0.717) is 11.4 Å². The van der Waals surface area contributed by atoms with Crippen LogP contribution in [0, 0.1) is 0 Å². The van der Waals surface area contributed by atoms with E-state index < -0.39 is 17.5 Å². The number of Topliss-reactive ketones (excluding diaryl/α,β-unsaturated/α-hetero) is 2. The molecule has 140 valence electrons. The molecule has 0 fully saturated rings. The maximum Gasteiger partial charge on any atom is 0.354 e. The van der Waals surface area contributed by atoms with Gasteiger partial charge in [0.15, 0.2) is 5.69 Å². The van der Waals surface area contributed by atoms with E-state index in [1.54, 1.807) is 12.1 Å². The minimum Gasteiger partial charge on any atom is -0.477 e. The van der Waals surface area contributed by atoms with E-state index in [1.165, 1.54) is 12.3 Å². The highest BCUT2D eigenvalue weighted by molar-refractivity contribution is 6.45. The number of carboxylic acids is 1. The Labute approximate surface area is 164 Å². The zero-order chi connectivity index (χ0) is 20.1. The van der Waals surface area contributed by atoms with Crippen LogP contribution >= 0.6 is 0 Å². The molecule has 1 unspecified atom stereocenters. The van der Waals surface area contributed by atoms with Crippen molar-refractivity contribution in [1.29, 1.82) is 0 Å². The molecule has 3 aromatic rings. The molecular formula is C23H14N2O4. The molecule has 1 atom stereocenters. The molecule has 6 nitrogen and oxygen atoms in total. The third-order valence-electron chi connectivity index (χ3n) is 5.37. The van der Waals surface area contributed by atoms with Gasteiger partial charge in [0, 0.05) is 18.2 Å². The molecule has 0 radical (unpaired) electrons. The lowest BCUT2D eigenvalue weighted by Crippen LogP contribution is -2.39. The van der Waals surface area contributed by atoms with E-state index in [-0.39, 0.29) is 18.0 Å². The van der Waals surface area contributed by atoms with Gasteiger partial charge in [0.05, 0.1) is 5.92 Å². The number of fused-ring (bicyclic) bond motifs is 5. The molecule has 5 rings (SSSR count). The van der Waals surface area contributed by atoms with Gasteiger partial charge in [-0.3, -0.25) is 9.59 Å². The molecule has 0 spiro atoms. The second-order valence-corrected chi connectivity index (χ2v) is 6.99. The van der Waals surface area contributed by atoms with E-state index in [9.17, 15) is 19.5 Å². The zero-order valence-electron chi connectivity index (χ0n) is 15.1. The quantitative estimate of drug-likeness (QED) is 0.678. The summed E-state index contributed by atoms with van der Waals surface area (Å²) in [4.78, 5) is 44.1. The number of nitrogens with zero attached hydrogens (tertiary/aromatic N) is 2. The standard InChI is InChI=1S/C23H14N2O4/c26-20-8-7-15-16(21(20)27)6-5-14-12-3-1-2-4-13(12)18(11-17(14)15)22-24-10-9-19(25-22)23(28)29/h1-7,9-11,18H,8H2,(H,28,29). The summed E-state index contributed by atoms with van der Waals surface area (Å²) in [5, 5.41) is 10.9. The van der Waals surface area contributed by atoms with Crippen LogP contribution < -0.4 is 10.4 Å². The van der Waals surface area contributed by atoms with Gasteiger partial charge in [-0.1, -0.05) is 42.5 Å². The Balaban J connectivity index is 1.83. The first-order valence-corrected chi connectivity index (χ1v) is 9.12. The van der Waals surface area contributed by atoms with Crippen molar-refractivity contribution >= 4 is 29.7 Å². The van der Waals surface area contributed by atoms with Crippen molar-refractivity contribution in [3.63, 3.8) is 0 Å². The summed E-state index contributed by atoms with van der Waals surface area (Å²) in [5.41, 5.74) is 3.22. The van der Waals surface area contributed by atoms with Crippen molar-refractivity contribution in [3.05, 3.63) is 81.7 Å². The summed E-state index contributed by atoms with van der Waals surface area (Å²) in [6, 6.07) is 12.7. The molecule has 0 amide bonds. The molecule has 2 aliphatic carbocycles. The Kier molecular flexibility index (Phi) is 3.74. The molecule has 0 aliphatic heterocycles. The number of carbonyl (C=O) groups excluding carboxylic acids is 2. The fraction of sp³-hybridized carbons (Fsp3) is 0.0870. The average molecular weight is 382 g/mol. The summed E-state index contributed by atoms with van der Waals surface area (Å²) < 4.78 is 0. The first-order chi connectivity index (χ1) is 14.0. The van der Waals surface area contributed by atoms with Crippen LogP contribution in [0.25, 0.3) is 23.3 Å². The molecule has 29 heavy (non-hydrogen) atoms. The maximum atomic E-state index is 12.3. The van der Waals surface area contributed by atoms with Gasteiger partial charge in [0.25, 0.3) is 0 Å². The van der Waals surface area contributed by atoms with Gasteiger partial charge in [0.2, 0.25) is 11.6 Å². The van der Waals surface area contributed by atoms with Gasteiger partial charge in [0.1, 0.15) is 5.82 Å². The maximum absolute atomic E-state index is 12.3. The van der Waals surface area contributed by atoms with Crippen LogP contribution in [-0.2, 0) is 4.79 Å². The molecular weight excluding hydrogens is 368 g/mol. The number of hydrogen-bond acceptors (Lipinski definition) is 5. The van der Waals surface area contributed by atoms with Crippen molar-refractivity contribution in [1.82, 2.24) is 9.97 Å². The summed E-state index contributed by atoms with van der Waals surface area (Å²) >= 11 is 0. The number of aromatic carboxylic acids is 1. The van der Waals surface area contributed by atoms with Crippen LogP contribution in [0.15, 0.2) is 48.7 Å². The summed E-state index contributed by atoms with van der Waals surface area (Å²) in [6.45, 7) is 0. The number of benzene rings is 2. The van der Waals surface area contributed by atoms with Crippen LogP contribution in [0.2, 0.25) is 0 Å². The molecule has 6 heteroatoms. The van der Waals surface area contributed by atoms with Crippen molar-refractivity contribution in [2.24, 2.45) is 0 Å². The van der Waals surface area contributed by atoms with Crippen molar-refractivity contribution < 1.29 is 19.5 Å². The number of hydrogen-bond donors (Lipinski definition) is 1. The molecule has 0 bridgehead atoms. The predicted molar refractivity (Wildman–Crippen MR) is 105 cm³/mol. The van der Waals surface area contributed by atoms with Crippen LogP contribution in [0.1, 0.15) is 44.6 Å². The van der Waals surface area contributed by atoms with E-state index in [1.807, 2.05) is 36.4 Å². The predicted octanol–water partition coefficient (Wildman–Crippen LogP) is 1.70. The lowest BCUT2D eigenvalue weighted by atomic mass is 9.81. The van der Waals surface area contributed by atoms with E-state index in [0.717, 1.165) is 27.1 Å². The number of aromatic nitrogens is 2. The van der Waals surface area contributed by atoms with Gasteiger partial charge in [-0.05, 0) is 39.3 Å². The highest BCUT2D eigenvalue weighted by Gasteiger charge is 2.27. The van der Waals surface area contributed by atoms with Crippen molar-refractivity contribution in [3.8, 4) is 11.1 Å². The van der Waals surface area contributed by atoms with E-state index in [2.05, 4.69) is 9.97 Å². The molecule has 0 saturated carbocycles.